The van der Waals surface area contributed by atoms with Gasteiger partial charge in [0.25, 0.3) is 0 Å². The second-order valence-electron chi connectivity index (χ2n) is 2.12. The fraction of sp³-hybridized carbons (Fsp3) is 0.600. The van der Waals surface area contributed by atoms with Crippen LogP contribution in [0, 0.1) is 0 Å². The van der Waals surface area contributed by atoms with E-state index < -0.39 is 12.3 Å². The number of amides is 2. The van der Waals surface area contributed by atoms with Gasteiger partial charge >= 0.3 is 0 Å². The maximum absolute atomic E-state index is 10.7. The molecule has 0 radical (unpaired) electrons. The van der Waals surface area contributed by atoms with E-state index in [0.717, 1.165) is 4.90 Å². The number of aliphatic hydroxyl groups is 1. The Labute approximate surface area is 57.6 Å². The van der Waals surface area contributed by atoms with Crippen molar-refractivity contribution in [1.82, 2.24) is 10.2 Å². The molecule has 1 atom stereocenters. The average molecular weight is 144 g/mol. The highest BCUT2D eigenvalue weighted by molar-refractivity contribution is 5.98. The smallest absolute Gasteiger partial charge is 0.235 e. The third kappa shape index (κ3) is 1.08. The van der Waals surface area contributed by atoms with Crippen LogP contribution in [0.25, 0.3) is 0 Å². The fourth-order valence-electron chi connectivity index (χ4n) is 0.690. The van der Waals surface area contributed by atoms with Crippen LogP contribution < -0.4 is 5.32 Å². The van der Waals surface area contributed by atoms with Crippen molar-refractivity contribution in [2.24, 2.45) is 0 Å². The summed E-state index contributed by atoms with van der Waals surface area (Å²) in [5, 5.41) is 11.1. The largest absolute Gasteiger partial charge is 0.356 e. The SMILES string of the molecule is CN1C(=O)CC(=O)NC1O. The lowest BCUT2D eigenvalue weighted by atomic mass is 10.3. The molecule has 0 aromatic rings. The Morgan fingerprint density at radius 1 is 1.70 bits per heavy atom. The Hall–Kier alpha value is -1.10. The van der Waals surface area contributed by atoms with Crippen molar-refractivity contribution in [1.29, 1.82) is 0 Å². The van der Waals surface area contributed by atoms with E-state index in [9.17, 15) is 9.59 Å². The number of nitrogens with one attached hydrogen (secondary N) is 1. The number of aliphatic hydroxyl groups excluding tert-OH is 1. The maximum atomic E-state index is 10.7. The molecule has 1 aliphatic rings. The molecule has 1 rings (SSSR count). The Morgan fingerprint density at radius 3 is 2.80 bits per heavy atom. The van der Waals surface area contributed by atoms with Crippen LogP contribution in [0.5, 0.6) is 0 Å². The van der Waals surface area contributed by atoms with Gasteiger partial charge in [0.05, 0.1) is 0 Å². The standard InChI is InChI=1S/C5H8N2O3/c1-7-4(9)2-3(8)6-5(7)10/h5,10H,2H2,1H3,(H,6,8). The zero-order valence-electron chi connectivity index (χ0n) is 5.50. The highest BCUT2D eigenvalue weighted by atomic mass is 16.3. The summed E-state index contributed by atoms with van der Waals surface area (Å²) >= 11 is 0. The maximum Gasteiger partial charge on any atom is 0.235 e. The molecule has 1 saturated heterocycles. The van der Waals surface area contributed by atoms with Gasteiger partial charge in [-0.2, -0.15) is 0 Å². The predicted octanol–water partition coefficient (Wildman–Crippen LogP) is -1.76. The topological polar surface area (TPSA) is 69.6 Å². The summed E-state index contributed by atoms with van der Waals surface area (Å²) < 4.78 is 0. The van der Waals surface area contributed by atoms with Gasteiger partial charge in [0, 0.05) is 7.05 Å². The molecule has 5 nitrogen and oxygen atoms in total. The molecule has 0 saturated carbocycles. The van der Waals surface area contributed by atoms with Crippen LogP contribution in [0.15, 0.2) is 0 Å². The van der Waals surface area contributed by atoms with Crippen LogP contribution in [-0.2, 0) is 9.59 Å². The fourth-order valence-corrected chi connectivity index (χ4v) is 0.690. The van der Waals surface area contributed by atoms with Gasteiger partial charge in [0.15, 0.2) is 0 Å². The van der Waals surface area contributed by atoms with Crippen LogP contribution in [0.1, 0.15) is 6.42 Å². The van der Waals surface area contributed by atoms with Crippen LogP contribution in [0.4, 0.5) is 0 Å². The molecule has 0 aromatic carbocycles. The molecule has 1 aliphatic heterocycles. The molecule has 2 amide bonds. The molecule has 0 bridgehead atoms. The molecule has 56 valence electrons. The number of hydrogen-bond acceptors (Lipinski definition) is 3. The third-order valence-corrected chi connectivity index (χ3v) is 1.36. The van der Waals surface area contributed by atoms with Crippen LogP contribution >= 0.6 is 0 Å². The minimum atomic E-state index is -1.16. The van der Waals surface area contributed by atoms with E-state index in [1.165, 1.54) is 7.05 Å². The van der Waals surface area contributed by atoms with Crippen molar-refractivity contribution in [3.8, 4) is 0 Å². The summed E-state index contributed by atoms with van der Waals surface area (Å²) in [6, 6.07) is 0. The summed E-state index contributed by atoms with van der Waals surface area (Å²) in [4.78, 5) is 22.3. The predicted molar refractivity (Wildman–Crippen MR) is 31.5 cm³/mol. The quantitative estimate of drug-likeness (QED) is 0.396. The molecule has 5 heteroatoms. The Morgan fingerprint density at radius 2 is 2.30 bits per heavy atom. The van der Waals surface area contributed by atoms with Gasteiger partial charge < -0.3 is 15.3 Å². The van der Waals surface area contributed by atoms with E-state index in [2.05, 4.69) is 5.32 Å². The first-order valence-corrected chi connectivity index (χ1v) is 2.84. The molecule has 2 N–H and O–H groups in total. The van der Waals surface area contributed by atoms with Crippen molar-refractivity contribution in [2.45, 2.75) is 12.8 Å². The summed E-state index contributed by atoms with van der Waals surface area (Å²) in [7, 11) is 1.42. The summed E-state index contributed by atoms with van der Waals surface area (Å²) in [6.45, 7) is 0. The molecule has 0 aliphatic carbocycles. The lowest BCUT2D eigenvalue weighted by Crippen LogP contribution is -2.54. The third-order valence-electron chi connectivity index (χ3n) is 1.36. The van der Waals surface area contributed by atoms with Crippen molar-refractivity contribution < 1.29 is 14.7 Å². The van der Waals surface area contributed by atoms with Gasteiger partial charge in [0.1, 0.15) is 6.42 Å². The van der Waals surface area contributed by atoms with E-state index in [-0.39, 0.29) is 12.3 Å². The van der Waals surface area contributed by atoms with Gasteiger partial charge in [-0.3, -0.25) is 9.59 Å². The Bertz CT molecular complexity index is 180. The van der Waals surface area contributed by atoms with Gasteiger partial charge in [-0.25, -0.2) is 0 Å². The van der Waals surface area contributed by atoms with Gasteiger partial charge in [-0.05, 0) is 0 Å². The first-order valence-electron chi connectivity index (χ1n) is 2.84. The number of carbonyl (C=O) groups excluding carboxylic acids is 2. The molecule has 1 heterocycles. The summed E-state index contributed by atoms with van der Waals surface area (Å²) in [5.74, 6) is -0.799. The Balaban J connectivity index is 2.66. The molecular weight excluding hydrogens is 136 g/mol. The first kappa shape index (κ1) is 7.01. The lowest BCUT2D eigenvalue weighted by Gasteiger charge is -2.28. The second-order valence-corrected chi connectivity index (χ2v) is 2.12. The van der Waals surface area contributed by atoms with Crippen LogP contribution in [0.3, 0.4) is 0 Å². The van der Waals surface area contributed by atoms with E-state index in [1.807, 2.05) is 0 Å². The first-order chi connectivity index (χ1) is 4.61. The van der Waals surface area contributed by atoms with Gasteiger partial charge in [-0.15, -0.1) is 0 Å². The van der Waals surface area contributed by atoms with Crippen LogP contribution in [0.2, 0.25) is 0 Å². The molecule has 10 heavy (non-hydrogen) atoms. The van der Waals surface area contributed by atoms with Gasteiger partial charge in [-0.1, -0.05) is 0 Å². The lowest BCUT2D eigenvalue weighted by molar-refractivity contribution is -0.154. The van der Waals surface area contributed by atoms with Crippen molar-refractivity contribution in [3.05, 3.63) is 0 Å². The van der Waals surface area contributed by atoms with Crippen molar-refractivity contribution >= 4 is 11.8 Å². The molecule has 1 unspecified atom stereocenters. The molecule has 1 fully saturated rings. The van der Waals surface area contributed by atoms with E-state index in [4.69, 9.17) is 5.11 Å². The number of nitrogens with zero attached hydrogens (tertiary/aromatic N) is 1. The Kier molecular flexibility index (Phi) is 1.58. The minimum Gasteiger partial charge on any atom is -0.356 e. The minimum absolute atomic E-state index is 0.173. The second kappa shape index (κ2) is 2.26. The van der Waals surface area contributed by atoms with Crippen molar-refractivity contribution in [3.63, 3.8) is 0 Å². The highest BCUT2D eigenvalue weighted by Crippen LogP contribution is 2.00. The van der Waals surface area contributed by atoms with E-state index in [0.29, 0.717) is 0 Å². The number of carbonyl (C=O) groups is 2. The van der Waals surface area contributed by atoms with E-state index in [1.54, 1.807) is 0 Å². The number of hydrogen-bond donors (Lipinski definition) is 2. The molecule has 0 aromatic heterocycles. The normalized spacial score (nSPS) is 26.6. The van der Waals surface area contributed by atoms with Crippen LogP contribution in [-0.4, -0.2) is 35.2 Å². The molecular formula is C5H8N2O3. The highest BCUT2D eigenvalue weighted by Gasteiger charge is 2.26. The van der Waals surface area contributed by atoms with Gasteiger partial charge in [0.2, 0.25) is 18.2 Å². The average Bonchev–Trinajstić information content (AvgIpc) is 1.82. The molecule has 0 spiro atoms. The monoisotopic (exact) mass is 144 g/mol. The summed E-state index contributed by atoms with van der Waals surface area (Å²) in [6.07, 6.45) is -1.33. The zero-order valence-corrected chi connectivity index (χ0v) is 5.50. The van der Waals surface area contributed by atoms with Crippen molar-refractivity contribution in [2.75, 3.05) is 7.05 Å². The number of rotatable bonds is 0. The van der Waals surface area contributed by atoms with E-state index >= 15 is 0 Å². The zero-order chi connectivity index (χ0) is 7.72. The summed E-state index contributed by atoms with van der Waals surface area (Å²) in [5.41, 5.74) is 0.